The molecule has 6 aromatic carbocycles. The molecule has 5 heteroatoms. The van der Waals surface area contributed by atoms with Crippen LogP contribution in [0.3, 0.4) is 0 Å². The van der Waals surface area contributed by atoms with Gasteiger partial charge in [-0.15, -0.1) is 0 Å². The minimum atomic E-state index is -2.05. The molecule has 0 atom stereocenters. The first-order chi connectivity index (χ1) is 25.2. The number of para-hydroxylation sites is 1. The van der Waals surface area contributed by atoms with Crippen LogP contribution < -0.4 is 15.9 Å². The molecule has 0 amide bonds. The average Bonchev–Trinajstić information content (AvgIpc) is 3.63. The van der Waals surface area contributed by atoms with Crippen LogP contribution in [0.15, 0.2) is 188 Å². The first-order valence-electron chi connectivity index (χ1n) is 17.0. The number of benzene rings is 6. The van der Waals surface area contributed by atoms with Gasteiger partial charge in [0.2, 0.25) is 0 Å². The lowest BCUT2D eigenvalue weighted by molar-refractivity contribution is 1.10. The number of imidazole rings is 1. The van der Waals surface area contributed by atoms with Crippen molar-refractivity contribution in [2.24, 2.45) is 0 Å². The summed E-state index contributed by atoms with van der Waals surface area (Å²) in [6.07, 6.45) is 6.73. The highest BCUT2D eigenvalue weighted by Gasteiger charge is 2.24. The summed E-state index contributed by atoms with van der Waals surface area (Å²) >= 11 is 0. The predicted octanol–water partition coefficient (Wildman–Crippen LogP) is 9.70. The lowest BCUT2D eigenvalue weighted by atomic mass is 10.0. The quantitative estimate of drug-likeness (QED) is 0.158. The van der Waals surface area contributed by atoms with Crippen molar-refractivity contribution < 1.29 is 0 Å². The molecule has 51 heavy (non-hydrogen) atoms. The third-order valence-corrected chi connectivity index (χ3v) is 13.1. The van der Waals surface area contributed by atoms with Gasteiger partial charge < -0.3 is 0 Å². The molecule has 0 N–H and O–H groups in total. The van der Waals surface area contributed by atoms with E-state index in [-0.39, 0.29) is 0 Å². The van der Waals surface area contributed by atoms with Gasteiger partial charge in [0.1, 0.15) is 22.4 Å². The lowest BCUT2D eigenvalue weighted by Crippen LogP contribution is -2.25. The average molecular weight is 673 g/mol. The number of fused-ring (bicyclic) bond motifs is 3. The summed E-state index contributed by atoms with van der Waals surface area (Å²) in [5.74, 6) is 0.840. The van der Waals surface area contributed by atoms with E-state index in [1.54, 1.807) is 0 Å². The van der Waals surface area contributed by atoms with Crippen molar-refractivity contribution in [1.82, 2.24) is 19.5 Å². The molecule has 0 aliphatic carbocycles. The van der Waals surface area contributed by atoms with Crippen molar-refractivity contribution in [3.8, 4) is 39.5 Å². The Kier molecular flexibility index (Phi) is 7.72. The molecule has 0 saturated heterocycles. The maximum Gasteiger partial charge on any atom is 0.145 e. The molecule has 0 radical (unpaired) electrons. The fourth-order valence-electron chi connectivity index (χ4n) is 7.00. The zero-order valence-corrected chi connectivity index (χ0v) is 28.7. The third kappa shape index (κ3) is 5.38. The minimum absolute atomic E-state index is 0.787. The Bertz CT molecular complexity index is 2630. The molecule has 0 aliphatic heterocycles. The van der Waals surface area contributed by atoms with Gasteiger partial charge in [0.25, 0.3) is 0 Å². The molecule has 0 spiro atoms. The predicted molar refractivity (Wildman–Crippen MR) is 216 cm³/mol. The highest BCUT2D eigenvalue weighted by molar-refractivity contribution is 7.93. The summed E-state index contributed by atoms with van der Waals surface area (Å²) in [6, 6.07) is 63.8. The molecular weight excluding hydrogens is 640 g/mol. The van der Waals surface area contributed by atoms with Crippen LogP contribution in [0.1, 0.15) is 0 Å². The molecule has 4 nitrogen and oxygen atoms in total. The van der Waals surface area contributed by atoms with Crippen molar-refractivity contribution in [1.29, 1.82) is 0 Å². The topological polar surface area (TPSA) is 43.6 Å². The number of aromatic nitrogens is 4. The van der Waals surface area contributed by atoms with Crippen LogP contribution in [-0.2, 0) is 0 Å². The van der Waals surface area contributed by atoms with Gasteiger partial charge in [0.05, 0.1) is 11.2 Å². The van der Waals surface area contributed by atoms with Crippen LogP contribution in [0.4, 0.5) is 0 Å². The second-order valence-corrected chi connectivity index (χ2v) is 15.8. The van der Waals surface area contributed by atoms with E-state index in [0.29, 0.717) is 0 Å². The van der Waals surface area contributed by atoms with E-state index in [1.165, 1.54) is 15.9 Å². The molecule has 0 saturated carbocycles. The Balaban J connectivity index is 1.16. The Hall–Kier alpha value is -6.35. The van der Waals surface area contributed by atoms with Crippen LogP contribution in [0, 0.1) is 0 Å². The zero-order valence-electron chi connectivity index (χ0n) is 27.8. The normalized spacial score (nSPS) is 11.6. The summed E-state index contributed by atoms with van der Waals surface area (Å²) in [6.45, 7) is -2.05. The van der Waals surface area contributed by atoms with Gasteiger partial charge in [0, 0.05) is 23.0 Å². The van der Waals surface area contributed by atoms with Crippen LogP contribution in [-0.4, -0.2) is 25.8 Å². The van der Waals surface area contributed by atoms with Crippen LogP contribution in [0.5, 0.6) is 0 Å². The number of hydrogen-bond donors (Lipinski definition) is 0. The maximum absolute atomic E-state index is 5.33. The van der Waals surface area contributed by atoms with Gasteiger partial charge in [-0.25, -0.2) is 9.97 Å². The van der Waals surface area contributed by atoms with Crippen LogP contribution in [0.25, 0.3) is 61.5 Å². The highest BCUT2D eigenvalue weighted by Crippen LogP contribution is 2.42. The highest BCUT2D eigenvalue weighted by atomic mass is 31.2. The van der Waals surface area contributed by atoms with Gasteiger partial charge in [-0.2, -0.15) is 0 Å². The molecular formula is C46H33N4P. The van der Waals surface area contributed by atoms with Gasteiger partial charge in [-0.3, -0.25) is 9.55 Å². The Morgan fingerprint density at radius 1 is 0.431 bits per heavy atom. The first-order valence-corrected chi connectivity index (χ1v) is 19.0. The monoisotopic (exact) mass is 672 g/mol. The number of pyridine rings is 2. The molecule has 9 aromatic rings. The van der Waals surface area contributed by atoms with Crippen molar-refractivity contribution >= 4 is 51.2 Å². The summed E-state index contributed by atoms with van der Waals surface area (Å²) in [7, 11) is 0. The molecule has 0 unspecified atom stereocenters. The molecule has 0 aliphatic rings. The minimum Gasteiger partial charge on any atom is -0.290 e. The zero-order chi connectivity index (χ0) is 34.2. The van der Waals surface area contributed by atoms with Crippen molar-refractivity contribution in [2.75, 3.05) is 0 Å². The van der Waals surface area contributed by atoms with Crippen LogP contribution >= 0.6 is 6.89 Å². The fraction of sp³-hybridized carbons (Fsp3) is 0. The van der Waals surface area contributed by atoms with E-state index in [2.05, 4.69) is 150 Å². The van der Waals surface area contributed by atoms with E-state index in [1.807, 2.05) is 42.6 Å². The van der Waals surface area contributed by atoms with Gasteiger partial charge >= 0.3 is 0 Å². The van der Waals surface area contributed by atoms with Gasteiger partial charge in [-0.05, 0) is 58.2 Å². The summed E-state index contributed by atoms with van der Waals surface area (Å²) in [5, 5.41) is 3.78. The second-order valence-electron chi connectivity index (χ2n) is 12.6. The standard InChI is InChI=1S/C46H33N4P/c1-51(38-19-10-4-11-20-38,39-21-12-5-13-22-39)40-30-28-34(29-31-40)33-24-26-36(27-25-33)46-49-44-43-41(23-14-32-47-43)48-42(35-15-6-2-7-16-35)45(44)50(46)37-17-8-3-9-18-37/h2-32H,1H2. The maximum atomic E-state index is 5.33. The largest absolute Gasteiger partial charge is 0.290 e. The Labute approximate surface area is 297 Å². The van der Waals surface area contributed by atoms with Gasteiger partial charge in [0.15, 0.2) is 0 Å². The molecule has 3 aromatic heterocycles. The summed E-state index contributed by atoms with van der Waals surface area (Å²) < 4.78 is 2.23. The molecule has 3 heterocycles. The van der Waals surface area contributed by atoms with E-state index < -0.39 is 6.89 Å². The Morgan fingerprint density at radius 2 is 0.941 bits per heavy atom. The second kappa shape index (κ2) is 12.8. The fourth-order valence-corrected chi connectivity index (χ4v) is 9.91. The van der Waals surface area contributed by atoms with E-state index in [4.69, 9.17) is 21.3 Å². The smallest absolute Gasteiger partial charge is 0.145 e. The van der Waals surface area contributed by atoms with E-state index in [9.17, 15) is 0 Å². The van der Waals surface area contributed by atoms with E-state index in [0.717, 1.165) is 61.5 Å². The molecule has 9 rings (SSSR count). The molecule has 242 valence electrons. The number of nitrogens with zero attached hydrogens (tertiary/aromatic N) is 4. The number of hydrogen-bond acceptors (Lipinski definition) is 3. The van der Waals surface area contributed by atoms with E-state index >= 15 is 0 Å². The van der Waals surface area contributed by atoms with Crippen molar-refractivity contribution in [2.45, 2.75) is 0 Å². The summed E-state index contributed by atoms with van der Waals surface area (Å²) in [5.41, 5.74) is 9.59. The SMILES string of the molecule is C=P(c1ccccc1)(c1ccccc1)c1ccc(-c2ccc(-c3nc4c5ncccc5nc(-c5ccccc5)c4n3-c3ccccc3)cc2)cc1. The van der Waals surface area contributed by atoms with Gasteiger partial charge in [-0.1, -0.05) is 164 Å². The summed E-state index contributed by atoms with van der Waals surface area (Å²) in [4.78, 5) is 15.2. The molecule has 0 fully saturated rings. The van der Waals surface area contributed by atoms with Crippen LogP contribution in [0.2, 0.25) is 0 Å². The van der Waals surface area contributed by atoms with Crippen molar-refractivity contribution in [3.63, 3.8) is 0 Å². The van der Waals surface area contributed by atoms with Crippen molar-refractivity contribution in [3.05, 3.63) is 188 Å². The first kappa shape index (κ1) is 30.7. The lowest BCUT2D eigenvalue weighted by Gasteiger charge is -2.26. The Morgan fingerprint density at radius 3 is 1.55 bits per heavy atom. The molecule has 0 bridgehead atoms. The number of rotatable bonds is 7. The third-order valence-electron chi connectivity index (χ3n) is 9.58.